The molecule has 1 aromatic carbocycles. The maximum absolute atomic E-state index is 5.86. The van der Waals surface area contributed by atoms with E-state index in [2.05, 4.69) is 148 Å². The zero-order valence-electron chi connectivity index (χ0n) is 79.3. The molecular weight excluding hydrogens is 1380 g/mol. The van der Waals surface area contributed by atoms with Crippen molar-refractivity contribution in [3.8, 4) is 0 Å². The van der Waals surface area contributed by atoms with Gasteiger partial charge in [-0.15, -0.1) is 0 Å². The predicted molar refractivity (Wildman–Crippen MR) is 488 cm³/mol. The summed E-state index contributed by atoms with van der Waals surface area (Å²) in [5, 5.41) is 0. The Hall–Kier alpha value is -1.50. The van der Waals surface area contributed by atoms with Gasteiger partial charge in [-0.2, -0.15) is 0 Å². The van der Waals surface area contributed by atoms with Crippen LogP contribution in [0, 0.1) is 0 Å². The molecule has 14 heteroatoms. The summed E-state index contributed by atoms with van der Waals surface area (Å²) in [6.45, 7) is 56.7. The van der Waals surface area contributed by atoms with Crippen molar-refractivity contribution in [2.45, 2.75) is 258 Å². The van der Waals surface area contributed by atoms with Crippen LogP contribution in [0.15, 0.2) is 30.3 Å². The van der Waals surface area contributed by atoms with Gasteiger partial charge >= 0.3 is 0 Å². The van der Waals surface area contributed by atoms with E-state index in [1.165, 1.54) is 504 Å². The second-order valence-electron chi connectivity index (χ2n) is 44.5. The Kier molecular flexibility index (Phi) is 45.5. The van der Waals surface area contributed by atoms with E-state index < -0.39 is 0 Å². The summed E-state index contributed by atoms with van der Waals surface area (Å²) in [5.74, 6) is 0. The van der Waals surface area contributed by atoms with Gasteiger partial charge in [0.1, 0.15) is 13.1 Å². The van der Waals surface area contributed by atoms with Crippen LogP contribution in [0.25, 0.3) is 0 Å². The number of nitrogens with zero attached hydrogens (tertiary/aromatic N) is 13. The predicted octanol–water partition coefficient (Wildman–Crippen LogP) is 17.1. The SMILES string of the molecule is CCCC[N+]1(CCCCC[N+]2(CCCC)CCCC2)CCCC1.C[N+](C)(C)CCN(CC[N+](C)(C)C)c1ccccc1.C[N+]1(CCCCCC[N+]2(C)CCCCC2)CCCCC1.C[N+]1(CCCCC[N+]2(C)CCCC2)CCCC1.C[N+]1(CCCC[N+]2(C)CCCC2)CCCC1.C[N+]1(CCOCC[N+]2(C)CCCC2)CCCC1. The summed E-state index contributed by atoms with van der Waals surface area (Å²) in [4.78, 5) is 2.51. The van der Waals surface area contributed by atoms with Crippen molar-refractivity contribution in [2.24, 2.45) is 0 Å². The Bertz CT molecular complexity index is 2270. The van der Waals surface area contributed by atoms with Crippen LogP contribution in [0.4, 0.5) is 5.69 Å². The molecule has 0 spiro atoms. The molecule has 10 aliphatic heterocycles. The lowest BCUT2D eigenvalue weighted by Gasteiger charge is -2.38. The lowest BCUT2D eigenvalue weighted by Crippen LogP contribution is -2.48. The largest absolute Gasteiger partial charge is 0.370 e. The Morgan fingerprint density at radius 2 is 0.455 bits per heavy atom. The molecule has 0 radical (unpaired) electrons. The molecule has 0 aliphatic carbocycles. The zero-order valence-corrected chi connectivity index (χ0v) is 79.3. The van der Waals surface area contributed by atoms with Crippen molar-refractivity contribution < 1.29 is 58.5 Å². The van der Waals surface area contributed by atoms with Crippen LogP contribution in [-0.2, 0) is 4.74 Å². The monoisotopic (exact) mass is 1580 g/mol. The molecule has 10 fully saturated rings. The number of benzene rings is 1. The quantitative estimate of drug-likeness (QED) is 0.0477. The van der Waals surface area contributed by atoms with Crippen molar-refractivity contribution >= 4 is 5.69 Å². The number of ether oxygens (including phenoxy) is 1. The minimum Gasteiger partial charge on any atom is -0.370 e. The van der Waals surface area contributed by atoms with Gasteiger partial charge < -0.3 is 63.4 Å². The van der Waals surface area contributed by atoms with Crippen LogP contribution >= 0.6 is 0 Å². The molecule has 0 aromatic heterocycles. The van der Waals surface area contributed by atoms with E-state index in [0.717, 1.165) is 48.4 Å². The average Bonchev–Trinajstić information content (AvgIpc) is 1.75. The Balaban J connectivity index is 0.000000210. The van der Waals surface area contributed by atoms with Crippen molar-refractivity contribution in [2.75, 3.05) is 352 Å². The number of hydrogen-bond acceptors (Lipinski definition) is 2. The number of rotatable bonds is 43. The highest BCUT2D eigenvalue weighted by Crippen LogP contribution is 2.28. The first-order chi connectivity index (χ1) is 53.4. The van der Waals surface area contributed by atoms with Crippen LogP contribution in [-0.4, -0.2) is 401 Å². The molecule has 0 amide bonds. The molecule has 0 N–H and O–H groups in total. The minimum absolute atomic E-state index is 0.955. The second kappa shape index (κ2) is 51.3. The molecule has 112 heavy (non-hydrogen) atoms. The van der Waals surface area contributed by atoms with E-state index in [4.69, 9.17) is 4.74 Å². The third-order valence-corrected chi connectivity index (χ3v) is 30.9. The number of piperidine rings is 2. The molecule has 0 atom stereocenters. The maximum Gasteiger partial charge on any atom is 0.102 e. The van der Waals surface area contributed by atoms with Gasteiger partial charge in [0.15, 0.2) is 0 Å². The van der Waals surface area contributed by atoms with E-state index in [-0.39, 0.29) is 0 Å². The summed E-state index contributed by atoms with van der Waals surface area (Å²) in [7, 11) is 33.1. The van der Waals surface area contributed by atoms with Gasteiger partial charge in [-0.1, -0.05) is 44.9 Å². The highest BCUT2D eigenvalue weighted by atomic mass is 16.5. The average molecular weight is 1580 g/mol. The van der Waals surface area contributed by atoms with Crippen molar-refractivity contribution in [3.63, 3.8) is 0 Å². The fourth-order valence-electron chi connectivity index (χ4n) is 22.1. The molecule has 0 bridgehead atoms. The van der Waals surface area contributed by atoms with Crippen LogP contribution in [0.5, 0.6) is 0 Å². The number of anilines is 1. The van der Waals surface area contributed by atoms with Crippen LogP contribution in [0.3, 0.4) is 0 Å². The lowest BCUT2D eigenvalue weighted by atomic mass is 10.1. The molecule has 14 nitrogen and oxygen atoms in total. The summed E-state index contributed by atoms with van der Waals surface area (Å²) < 4.78 is 21.5. The number of hydrogen-bond donors (Lipinski definition) is 0. The molecule has 1 aromatic rings. The molecule has 10 heterocycles. The van der Waals surface area contributed by atoms with E-state index in [1.54, 1.807) is 0 Å². The van der Waals surface area contributed by atoms with Gasteiger partial charge in [0, 0.05) is 121 Å². The van der Waals surface area contributed by atoms with Crippen LogP contribution in [0.1, 0.15) is 258 Å². The number of unbranched alkanes of at least 4 members (excludes halogenated alkanes) is 10. The summed E-state index contributed by atoms with van der Waals surface area (Å²) in [6, 6.07) is 10.8. The second-order valence-corrected chi connectivity index (χ2v) is 44.5. The number of quaternary nitrogens is 12. The molecular formula is C98H205N13O+12. The first-order valence-corrected chi connectivity index (χ1v) is 49.8. The van der Waals surface area contributed by atoms with Gasteiger partial charge in [0.05, 0.1) is 334 Å². The van der Waals surface area contributed by atoms with Gasteiger partial charge in [-0.05, 0) is 128 Å². The molecule has 0 saturated carbocycles. The standard InChI is InChI=1S/C21H44N2.C18H38N2.C16H31N3.C15H32N2.C14H30N2O.C14H30N2/c1-3-5-14-22(18-10-11-19-22)16-8-7-9-17-23(15-6-4-2)20-12-13-21-23;1-19(15-9-5-10-16-19)13-7-3-4-8-14-20(2)17-11-6-12-18-20;1-18(2,3)14-12-17(13-15-19(4,5)6)16-10-8-7-9-11-16;1-16(12-6-7-13-16)10-4-3-5-11-17(2)14-8-9-15-17;1-15(7-3-4-8-15)11-13-17-14-12-16(2)9-5-6-10-16;1-15(9-3-4-10-15)13-7-8-14-16(2)11-5-6-12-16/h3-21H2,1-2H3;3-18H2,1-2H3;7-11H,12-15H2,1-6H3;3-15H2,1-2H3;3-14H2,1-2H3;3-14H2,1-2H3/q6*+2. The van der Waals surface area contributed by atoms with E-state index in [0.29, 0.717) is 0 Å². The summed E-state index contributed by atoms with van der Waals surface area (Å²) >= 11 is 0. The number of likely N-dealkylation sites (tertiary alicyclic amines) is 10. The fourth-order valence-corrected chi connectivity index (χ4v) is 22.1. The number of likely N-dealkylation sites (N-methyl/N-ethyl adjacent to an activating group) is 4. The van der Waals surface area contributed by atoms with Crippen molar-refractivity contribution in [1.29, 1.82) is 0 Å². The summed E-state index contributed by atoms with van der Waals surface area (Å²) in [6.07, 6.45) is 55.3. The molecule has 11 rings (SSSR count). The smallest absolute Gasteiger partial charge is 0.102 e. The van der Waals surface area contributed by atoms with Gasteiger partial charge in [0.2, 0.25) is 0 Å². The summed E-state index contributed by atoms with van der Waals surface area (Å²) in [5.41, 5.74) is 1.34. The zero-order chi connectivity index (χ0) is 81.1. The van der Waals surface area contributed by atoms with E-state index >= 15 is 0 Å². The van der Waals surface area contributed by atoms with E-state index in [1.807, 2.05) is 0 Å². The molecule has 656 valence electrons. The van der Waals surface area contributed by atoms with Crippen molar-refractivity contribution in [1.82, 2.24) is 0 Å². The third kappa shape index (κ3) is 41.2. The van der Waals surface area contributed by atoms with Crippen LogP contribution < -0.4 is 4.90 Å². The highest BCUT2D eigenvalue weighted by Gasteiger charge is 2.36. The Labute approximate surface area is 700 Å². The highest BCUT2D eigenvalue weighted by molar-refractivity contribution is 5.45. The third-order valence-electron chi connectivity index (χ3n) is 30.9. The van der Waals surface area contributed by atoms with E-state index in [9.17, 15) is 0 Å². The van der Waals surface area contributed by atoms with Crippen LogP contribution in [0.2, 0.25) is 0 Å². The first kappa shape index (κ1) is 99.3. The molecule has 10 saturated heterocycles. The van der Waals surface area contributed by atoms with Crippen molar-refractivity contribution in [3.05, 3.63) is 30.3 Å². The Morgan fingerprint density at radius 3 is 0.705 bits per heavy atom. The first-order valence-electron chi connectivity index (χ1n) is 49.8. The van der Waals surface area contributed by atoms with Gasteiger partial charge in [-0.25, -0.2) is 0 Å². The fraction of sp³-hybridized carbons (Fsp3) is 0.939. The van der Waals surface area contributed by atoms with Gasteiger partial charge in [0.25, 0.3) is 0 Å². The van der Waals surface area contributed by atoms with Gasteiger partial charge in [-0.3, -0.25) is 0 Å². The Morgan fingerprint density at radius 1 is 0.250 bits per heavy atom. The number of para-hydroxylation sites is 1. The molecule has 0 unspecified atom stereocenters. The molecule has 10 aliphatic rings. The normalized spacial score (nSPS) is 23.3. The maximum atomic E-state index is 5.86. The lowest BCUT2D eigenvalue weighted by molar-refractivity contribution is -0.919. The minimum atomic E-state index is 0.955. The topological polar surface area (TPSA) is 12.5 Å².